The van der Waals surface area contributed by atoms with E-state index in [-0.39, 0.29) is 0 Å². The number of benzene rings is 2. The summed E-state index contributed by atoms with van der Waals surface area (Å²) in [6, 6.07) is 11.7. The summed E-state index contributed by atoms with van der Waals surface area (Å²) in [4.78, 5) is 25.2. The minimum atomic E-state index is -1.02. The second kappa shape index (κ2) is 8.42. The molecule has 0 saturated heterocycles. The standard InChI is InChI=1S/C22H24FNO4/c1-15-9-10-19(27-2)18(13-15)24-20(25)14-28-21(26)22(11-5-6-12-22)16-7-3-4-8-17(16)23/h3-4,7-10,13H,5-6,11-12,14H2,1-2H3,(H,24,25). The molecule has 6 heteroatoms. The second-order valence-corrected chi connectivity index (χ2v) is 7.10. The van der Waals surface area contributed by atoms with Gasteiger partial charge in [0.25, 0.3) is 5.91 Å². The average Bonchev–Trinajstić information content (AvgIpc) is 3.17. The number of halogens is 1. The fourth-order valence-corrected chi connectivity index (χ4v) is 3.79. The molecule has 0 spiro atoms. The van der Waals surface area contributed by atoms with Gasteiger partial charge in [0, 0.05) is 5.56 Å². The molecule has 148 valence electrons. The van der Waals surface area contributed by atoms with Crippen LogP contribution in [0.1, 0.15) is 36.8 Å². The van der Waals surface area contributed by atoms with Gasteiger partial charge in [-0.3, -0.25) is 9.59 Å². The van der Waals surface area contributed by atoms with Gasteiger partial charge in [-0.1, -0.05) is 37.1 Å². The Morgan fingerprint density at radius 1 is 1.14 bits per heavy atom. The minimum absolute atomic E-state index is 0.346. The number of aryl methyl sites for hydroxylation is 1. The van der Waals surface area contributed by atoms with Crippen molar-refractivity contribution in [1.29, 1.82) is 0 Å². The van der Waals surface area contributed by atoms with Crippen LogP contribution in [0.3, 0.4) is 0 Å². The molecule has 1 saturated carbocycles. The van der Waals surface area contributed by atoms with Gasteiger partial charge in [0.15, 0.2) is 6.61 Å². The Labute approximate surface area is 163 Å². The van der Waals surface area contributed by atoms with E-state index in [4.69, 9.17) is 9.47 Å². The third kappa shape index (κ3) is 4.01. The van der Waals surface area contributed by atoms with Gasteiger partial charge in [0.1, 0.15) is 11.6 Å². The monoisotopic (exact) mass is 385 g/mol. The quantitative estimate of drug-likeness (QED) is 0.759. The molecule has 1 N–H and O–H groups in total. The van der Waals surface area contributed by atoms with Crippen LogP contribution in [-0.4, -0.2) is 25.6 Å². The Morgan fingerprint density at radius 3 is 2.54 bits per heavy atom. The van der Waals surface area contributed by atoms with Crippen molar-refractivity contribution in [3.8, 4) is 5.75 Å². The fourth-order valence-electron chi connectivity index (χ4n) is 3.79. The summed E-state index contributed by atoms with van der Waals surface area (Å²) in [5.41, 5.74) is 0.788. The lowest BCUT2D eigenvalue weighted by molar-refractivity contribution is -0.153. The first-order valence-corrected chi connectivity index (χ1v) is 9.33. The van der Waals surface area contributed by atoms with Gasteiger partial charge in [-0.25, -0.2) is 4.39 Å². The number of hydrogen-bond donors (Lipinski definition) is 1. The molecule has 1 amide bonds. The maximum atomic E-state index is 14.4. The van der Waals surface area contributed by atoms with Gasteiger partial charge in [-0.05, 0) is 43.5 Å². The molecule has 0 bridgehead atoms. The Balaban J connectivity index is 1.70. The van der Waals surface area contributed by atoms with Crippen LogP contribution in [0.25, 0.3) is 0 Å². The van der Waals surface area contributed by atoms with Gasteiger partial charge < -0.3 is 14.8 Å². The predicted octanol–water partition coefficient (Wildman–Crippen LogP) is 4.14. The second-order valence-electron chi connectivity index (χ2n) is 7.10. The Hall–Kier alpha value is -2.89. The molecular weight excluding hydrogens is 361 g/mol. The SMILES string of the molecule is COc1ccc(C)cc1NC(=O)COC(=O)C1(c2ccccc2F)CCCC1. The van der Waals surface area contributed by atoms with E-state index >= 15 is 0 Å². The lowest BCUT2D eigenvalue weighted by Crippen LogP contribution is -2.37. The highest BCUT2D eigenvalue weighted by molar-refractivity contribution is 5.95. The van der Waals surface area contributed by atoms with Crippen LogP contribution in [-0.2, 0) is 19.7 Å². The highest BCUT2D eigenvalue weighted by atomic mass is 19.1. The van der Waals surface area contributed by atoms with Crippen molar-refractivity contribution in [2.24, 2.45) is 0 Å². The van der Waals surface area contributed by atoms with E-state index in [0.29, 0.717) is 29.8 Å². The highest BCUT2D eigenvalue weighted by Gasteiger charge is 2.45. The van der Waals surface area contributed by atoms with Crippen LogP contribution in [0.5, 0.6) is 5.75 Å². The first-order valence-electron chi connectivity index (χ1n) is 9.33. The van der Waals surface area contributed by atoms with Crippen LogP contribution in [0, 0.1) is 12.7 Å². The summed E-state index contributed by atoms with van der Waals surface area (Å²) in [6.07, 6.45) is 2.66. The van der Waals surface area contributed by atoms with Crippen molar-refractivity contribution in [2.45, 2.75) is 38.0 Å². The van der Waals surface area contributed by atoms with Crippen molar-refractivity contribution in [3.05, 3.63) is 59.4 Å². The van der Waals surface area contributed by atoms with E-state index in [9.17, 15) is 14.0 Å². The van der Waals surface area contributed by atoms with Gasteiger partial charge in [0.05, 0.1) is 18.2 Å². The number of carbonyl (C=O) groups excluding carboxylic acids is 2. The number of anilines is 1. The van der Waals surface area contributed by atoms with Crippen LogP contribution in [0.2, 0.25) is 0 Å². The Bertz CT molecular complexity index is 875. The lowest BCUT2D eigenvalue weighted by Gasteiger charge is -2.27. The number of rotatable bonds is 6. The van der Waals surface area contributed by atoms with Gasteiger partial charge in [-0.15, -0.1) is 0 Å². The zero-order chi connectivity index (χ0) is 20.1. The third-order valence-electron chi connectivity index (χ3n) is 5.20. The van der Waals surface area contributed by atoms with Crippen LogP contribution in [0.4, 0.5) is 10.1 Å². The Morgan fingerprint density at radius 2 is 1.86 bits per heavy atom. The molecule has 2 aromatic rings. The smallest absolute Gasteiger partial charge is 0.317 e. The molecule has 3 rings (SSSR count). The molecule has 2 aromatic carbocycles. The molecule has 0 aromatic heterocycles. The molecule has 5 nitrogen and oxygen atoms in total. The van der Waals surface area contributed by atoms with Crippen molar-refractivity contribution in [2.75, 3.05) is 19.0 Å². The van der Waals surface area contributed by atoms with E-state index in [1.54, 1.807) is 30.3 Å². The fraction of sp³-hybridized carbons (Fsp3) is 0.364. The molecule has 0 atom stereocenters. The summed E-state index contributed by atoms with van der Waals surface area (Å²) >= 11 is 0. The van der Waals surface area contributed by atoms with Gasteiger partial charge in [-0.2, -0.15) is 0 Å². The molecular formula is C22H24FNO4. The summed E-state index contributed by atoms with van der Waals surface area (Å²) in [6.45, 7) is 1.46. The average molecular weight is 385 g/mol. The molecule has 1 aliphatic carbocycles. The summed E-state index contributed by atoms with van der Waals surface area (Å²) < 4.78 is 24.9. The molecule has 0 radical (unpaired) electrons. The van der Waals surface area contributed by atoms with E-state index in [2.05, 4.69) is 5.32 Å². The van der Waals surface area contributed by atoms with Crippen molar-refractivity contribution in [1.82, 2.24) is 0 Å². The topological polar surface area (TPSA) is 64.6 Å². The number of nitrogens with one attached hydrogen (secondary N) is 1. The van der Waals surface area contributed by atoms with Gasteiger partial charge in [0.2, 0.25) is 0 Å². The number of amides is 1. The number of hydrogen-bond acceptors (Lipinski definition) is 4. The minimum Gasteiger partial charge on any atom is -0.495 e. The number of esters is 1. The lowest BCUT2D eigenvalue weighted by atomic mass is 9.78. The van der Waals surface area contributed by atoms with E-state index < -0.39 is 29.7 Å². The highest BCUT2D eigenvalue weighted by Crippen LogP contribution is 2.43. The molecule has 0 aliphatic heterocycles. The van der Waals surface area contributed by atoms with Crippen molar-refractivity contribution in [3.63, 3.8) is 0 Å². The first-order chi connectivity index (χ1) is 13.5. The predicted molar refractivity (Wildman–Crippen MR) is 104 cm³/mol. The van der Waals surface area contributed by atoms with Crippen LogP contribution >= 0.6 is 0 Å². The summed E-state index contributed by atoms with van der Waals surface area (Å²) in [5, 5.41) is 2.70. The van der Waals surface area contributed by atoms with Gasteiger partial charge >= 0.3 is 5.97 Å². The molecule has 0 unspecified atom stereocenters. The first kappa shape index (κ1) is 19.9. The largest absolute Gasteiger partial charge is 0.495 e. The van der Waals surface area contributed by atoms with Crippen LogP contribution < -0.4 is 10.1 Å². The van der Waals surface area contributed by atoms with E-state index in [1.165, 1.54) is 13.2 Å². The molecule has 28 heavy (non-hydrogen) atoms. The zero-order valence-electron chi connectivity index (χ0n) is 16.1. The Kier molecular flexibility index (Phi) is 5.97. The third-order valence-corrected chi connectivity index (χ3v) is 5.20. The van der Waals surface area contributed by atoms with E-state index in [0.717, 1.165) is 18.4 Å². The molecule has 1 aliphatic rings. The number of carbonyl (C=O) groups is 2. The summed E-state index contributed by atoms with van der Waals surface area (Å²) in [5.74, 6) is -0.931. The normalized spacial score (nSPS) is 15.1. The van der Waals surface area contributed by atoms with E-state index in [1.807, 2.05) is 13.0 Å². The van der Waals surface area contributed by atoms with Crippen molar-refractivity contribution >= 4 is 17.6 Å². The number of ether oxygens (including phenoxy) is 2. The summed E-state index contributed by atoms with van der Waals surface area (Å²) in [7, 11) is 1.51. The zero-order valence-corrected chi connectivity index (χ0v) is 16.1. The maximum Gasteiger partial charge on any atom is 0.317 e. The van der Waals surface area contributed by atoms with Crippen molar-refractivity contribution < 1.29 is 23.5 Å². The maximum absolute atomic E-state index is 14.4. The van der Waals surface area contributed by atoms with Crippen LogP contribution in [0.15, 0.2) is 42.5 Å². The molecule has 1 fully saturated rings. The molecule has 0 heterocycles. The number of methoxy groups -OCH3 is 1.